The second kappa shape index (κ2) is 7.42. The van der Waals surface area contributed by atoms with Gasteiger partial charge in [0.1, 0.15) is 5.82 Å². The first-order chi connectivity index (χ1) is 14.5. The number of halogens is 3. The summed E-state index contributed by atoms with van der Waals surface area (Å²) in [6, 6.07) is 21.4. The Bertz CT molecular complexity index is 1320. The third-order valence-corrected chi connectivity index (χ3v) is 6.08. The molecule has 4 aromatic rings. The van der Waals surface area contributed by atoms with Crippen molar-refractivity contribution >= 4 is 55.6 Å². The lowest BCUT2D eigenvalue weighted by Crippen LogP contribution is -2.20. The van der Waals surface area contributed by atoms with E-state index in [-0.39, 0.29) is 5.91 Å². The van der Waals surface area contributed by atoms with Gasteiger partial charge in [0.05, 0.1) is 6.04 Å². The van der Waals surface area contributed by atoms with Crippen LogP contribution in [0.25, 0.3) is 10.8 Å². The highest BCUT2D eigenvalue weighted by Crippen LogP contribution is 2.42. The van der Waals surface area contributed by atoms with Gasteiger partial charge in [-0.2, -0.15) is 0 Å². The predicted molar refractivity (Wildman–Crippen MR) is 122 cm³/mol. The first-order valence-electron chi connectivity index (χ1n) is 9.35. The average Bonchev–Trinajstić information content (AvgIpc) is 3.06. The van der Waals surface area contributed by atoms with Crippen LogP contribution in [0.4, 0.5) is 15.8 Å². The third-order valence-electron chi connectivity index (χ3n) is 5.28. The molecule has 0 radical (unpaired) electrons. The maximum absolute atomic E-state index is 14.0. The van der Waals surface area contributed by atoms with Crippen molar-refractivity contribution in [1.82, 2.24) is 5.32 Å². The second-order valence-corrected chi connectivity index (χ2v) is 8.46. The molecule has 0 saturated carbocycles. The van der Waals surface area contributed by atoms with Crippen LogP contribution < -0.4 is 10.6 Å². The van der Waals surface area contributed by atoms with Crippen molar-refractivity contribution in [3.63, 3.8) is 0 Å². The van der Waals surface area contributed by atoms with Gasteiger partial charge in [0.15, 0.2) is 0 Å². The summed E-state index contributed by atoms with van der Waals surface area (Å²) in [6.07, 6.45) is 0. The molecule has 0 aliphatic carbocycles. The van der Waals surface area contributed by atoms with Gasteiger partial charge >= 0.3 is 0 Å². The number of hydrogen-bond acceptors (Lipinski definition) is 2. The Labute approximate surface area is 186 Å². The number of fused-ring (bicyclic) bond motifs is 2. The molecule has 6 heteroatoms. The van der Waals surface area contributed by atoms with E-state index < -0.39 is 11.9 Å². The Hall–Kier alpha value is -2.89. The normalized spacial score (nSPS) is 15.2. The van der Waals surface area contributed by atoms with E-state index in [2.05, 4.69) is 26.6 Å². The molecule has 0 aromatic heterocycles. The van der Waals surface area contributed by atoms with Crippen LogP contribution in [0.1, 0.15) is 27.5 Å². The minimum atomic E-state index is -0.554. The van der Waals surface area contributed by atoms with Gasteiger partial charge in [0.2, 0.25) is 0 Å². The highest BCUT2D eigenvalue weighted by molar-refractivity contribution is 9.10. The number of anilines is 2. The molecule has 1 aliphatic heterocycles. The molecule has 0 spiro atoms. The van der Waals surface area contributed by atoms with Crippen LogP contribution in [-0.4, -0.2) is 5.91 Å². The molecule has 2 N–H and O–H groups in total. The molecule has 1 unspecified atom stereocenters. The van der Waals surface area contributed by atoms with Crippen LogP contribution in [0.15, 0.2) is 77.3 Å². The molecular formula is C24H15BrClFN2O. The summed E-state index contributed by atoms with van der Waals surface area (Å²) >= 11 is 9.87. The summed E-state index contributed by atoms with van der Waals surface area (Å²) in [6.45, 7) is 0. The largest absolute Gasteiger partial charge is 0.355 e. The summed E-state index contributed by atoms with van der Waals surface area (Å²) < 4.78 is 14.7. The van der Waals surface area contributed by atoms with E-state index in [1.807, 2.05) is 48.5 Å². The zero-order chi connectivity index (χ0) is 20.8. The summed E-state index contributed by atoms with van der Waals surface area (Å²) in [5, 5.41) is 8.99. The second-order valence-electron chi connectivity index (χ2n) is 7.14. The smallest absolute Gasteiger partial charge is 0.252 e. The SMILES string of the molecule is O=C1NC(c2cc(F)ccc2Cl)c2c(Nc3cccc4ccccc34)cc(Br)cc21. The molecule has 30 heavy (non-hydrogen) atoms. The molecule has 1 amide bonds. The zero-order valence-electron chi connectivity index (χ0n) is 15.5. The minimum Gasteiger partial charge on any atom is -0.355 e. The van der Waals surface area contributed by atoms with E-state index >= 15 is 0 Å². The zero-order valence-corrected chi connectivity index (χ0v) is 17.9. The van der Waals surface area contributed by atoms with Crippen LogP contribution in [0.2, 0.25) is 5.02 Å². The fourth-order valence-corrected chi connectivity index (χ4v) is 4.63. The average molecular weight is 482 g/mol. The quantitative estimate of drug-likeness (QED) is 0.332. The van der Waals surface area contributed by atoms with E-state index in [0.29, 0.717) is 16.1 Å². The number of rotatable bonds is 3. The molecule has 4 aromatic carbocycles. The topological polar surface area (TPSA) is 41.1 Å². The Morgan fingerprint density at radius 1 is 0.967 bits per heavy atom. The molecule has 1 heterocycles. The molecule has 1 atom stereocenters. The van der Waals surface area contributed by atoms with E-state index in [1.54, 1.807) is 6.07 Å². The summed E-state index contributed by atoms with van der Waals surface area (Å²) in [5.74, 6) is -0.629. The Morgan fingerprint density at radius 3 is 2.63 bits per heavy atom. The van der Waals surface area contributed by atoms with Crippen LogP contribution in [0.3, 0.4) is 0 Å². The fourth-order valence-electron chi connectivity index (χ4n) is 3.95. The Kier molecular flexibility index (Phi) is 4.72. The molecule has 3 nitrogen and oxygen atoms in total. The monoisotopic (exact) mass is 480 g/mol. The maximum atomic E-state index is 14.0. The van der Waals surface area contributed by atoms with Crippen LogP contribution in [-0.2, 0) is 0 Å². The first-order valence-corrected chi connectivity index (χ1v) is 10.5. The van der Waals surface area contributed by atoms with Gasteiger partial charge in [-0.1, -0.05) is 63.9 Å². The summed E-state index contributed by atoms with van der Waals surface area (Å²) in [7, 11) is 0. The molecule has 0 bridgehead atoms. The lowest BCUT2D eigenvalue weighted by molar-refractivity contribution is 0.0960. The van der Waals surface area contributed by atoms with E-state index in [0.717, 1.165) is 32.2 Å². The highest BCUT2D eigenvalue weighted by atomic mass is 79.9. The number of carbonyl (C=O) groups is 1. The van der Waals surface area contributed by atoms with Crippen molar-refractivity contribution in [1.29, 1.82) is 0 Å². The van der Waals surface area contributed by atoms with Gasteiger partial charge in [-0.05, 0) is 41.8 Å². The molecule has 1 aliphatic rings. The lowest BCUT2D eigenvalue weighted by atomic mass is 9.96. The minimum absolute atomic E-state index is 0.224. The summed E-state index contributed by atoms with van der Waals surface area (Å²) in [5.41, 5.74) is 3.45. The standard InChI is InChI=1S/C24H15BrClFN2O/c25-14-10-18-22(23(29-24(18)30)17-12-15(27)8-9-19(17)26)21(11-14)28-20-7-3-5-13-4-1-2-6-16(13)20/h1-12,23,28H,(H,29,30). The van der Waals surface area contributed by atoms with Gasteiger partial charge in [-0.3, -0.25) is 4.79 Å². The molecule has 0 fully saturated rings. The van der Waals surface area contributed by atoms with Crippen LogP contribution in [0.5, 0.6) is 0 Å². The number of carbonyl (C=O) groups excluding carboxylic acids is 1. The third kappa shape index (κ3) is 3.24. The van der Waals surface area contributed by atoms with Gasteiger partial charge in [0, 0.05) is 42.9 Å². The van der Waals surface area contributed by atoms with E-state index in [9.17, 15) is 9.18 Å². The number of benzene rings is 4. The number of nitrogens with one attached hydrogen (secondary N) is 2. The van der Waals surface area contributed by atoms with Crippen LogP contribution >= 0.6 is 27.5 Å². The molecular weight excluding hydrogens is 467 g/mol. The molecule has 0 saturated heterocycles. The van der Waals surface area contributed by atoms with Gasteiger partial charge in [0.25, 0.3) is 5.91 Å². The molecule has 5 rings (SSSR count). The van der Waals surface area contributed by atoms with Crippen LogP contribution in [0, 0.1) is 5.82 Å². The van der Waals surface area contributed by atoms with Crippen molar-refractivity contribution in [2.24, 2.45) is 0 Å². The first kappa shape index (κ1) is 19.1. The van der Waals surface area contributed by atoms with Gasteiger partial charge in [-0.25, -0.2) is 4.39 Å². The van der Waals surface area contributed by atoms with Crippen molar-refractivity contribution in [3.8, 4) is 0 Å². The van der Waals surface area contributed by atoms with Crippen molar-refractivity contribution in [2.75, 3.05) is 5.32 Å². The Morgan fingerprint density at radius 2 is 1.77 bits per heavy atom. The van der Waals surface area contributed by atoms with Crippen molar-refractivity contribution < 1.29 is 9.18 Å². The van der Waals surface area contributed by atoms with E-state index in [4.69, 9.17) is 11.6 Å². The fraction of sp³-hybridized carbons (Fsp3) is 0.0417. The Balaban J connectivity index is 1.68. The summed E-state index contributed by atoms with van der Waals surface area (Å²) in [4.78, 5) is 12.7. The molecule has 148 valence electrons. The highest BCUT2D eigenvalue weighted by Gasteiger charge is 2.34. The van der Waals surface area contributed by atoms with E-state index in [1.165, 1.54) is 18.2 Å². The van der Waals surface area contributed by atoms with Gasteiger partial charge in [-0.15, -0.1) is 0 Å². The van der Waals surface area contributed by atoms with Crippen molar-refractivity contribution in [3.05, 3.63) is 105 Å². The number of hydrogen-bond donors (Lipinski definition) is 2. The van der Waals surface area contributed by atoms with Crippen molar-refractivity contribution in [2.45, 2.75) is 6.04 Å². The van der Waals surface area contributed by atoms with Gasteiger partial charge < -0.3 is 10.6 Å². The number of amides is 1. The lowest BCUT2D eigenvalue weighted by Gasteiger charge is -2.19. The predicted octanol–water partition coefficient (Wildman–Crippen LogP) is 6.97. The maximum Gasteiger partial charge on any atom is 0.252 e.